The topological polar surface area (TPSA) is 37.8 Å². The van der Waals surface area contributed by atoms with Crippen LogP contribution in [0.5, 0.6) is 0 Å². The first-order valence-electron chi connectivity index (χ1n) is 9.40. The van der Waals surface area contributed by atoms with Crippen LogP contribution in [0.3, 0.4) is 0 Å². The van der Waals surface area contributed by atoms with Crippen LogP contribution in [0.15, 0.2) is 48.5 Å². The van der Waals surface area contributed by atoms with Gasteiger partial charge in [-0.15, -0.1) is 10.2 Å². The summed E-state index contributed by atoms with van der Waals surface area (Å²) in [5, 5.41) is 15.2. The van der Waals surface area contributed by atoms with E-state index in [-0.39, 0.29) is 0 Å². The smallest absolute Gasteiger partial charge is 0.156 e. The largest absolute Gasteiger partial charge is 0.365 e. The van der Waals surface area contributed by atoms with Gasteiger partial charge in [-0.3, -0.25) is 0 Å². The van der Waals surface area contributed by atoms with Crippen molar-refractivity contribution in [3.05, 3.63) is 54.1 Å². The van der Waals surface area contributed by atoms with Crippen molar-refractivity contribution in [3.8, 4) is 11.3 Å². The number of hydrogen-bond acceptors (Lipinski definition) is 3. The lowest BCUT2D eigenvalue weighted by Gasteiger charge is -2.18. The number of rotatable bonds is 3. The molecule has 0 aliphatic heterocycles. The van der Waals surface area contributed by atoms with Gasteiger partial charge in [-0.25, -0.2) is 0 Å². The van der Waals surface area contributed by atoms with Crippen molar-refractivity contribution in [1.82, 2.24) is 10.2 Å². The van der Waals surface area contributed by atoms with Gasteiger partial charge in [0.25, 0.3) is 0 Å². The fourth-order valence-electron chi connectivity index (χ4n) is 3.75. The molecule has 0 radical (unpaired) electrons. The fourth-order valence-corrected chi connectivity index (χ4v) is 3.75. The number of hydrogen-bond donors (Lipinski definition) is 1. The van der Waals surface area contributed by atoms with E-state index in [1.807, 2.05) is 0 Å². The molecule has 1 N–H and O–H groups in total. The van der Waals surface area contributed by atoms with Gasteiger partial charge in [0.05, 0.1) is 0 Å². The van der Waals surface area contributed by atoms with E-state index in [9.17, 15) is 0 Å². The summed E-state index contributed by atoms with van der Waals surface area (Å²) in [6.45, 7) is 2.10. The van der Waals surface area contributed by atoms with Gasteiger partial charge in [-0.2, -0.15) is 0 Å². The average Bonchev–Trinajstić information content (AvgIpc) is 2.92. The molecule has 1 heterocycles. The first-order valence-corrected chi connectivity index (χ1v) is 9.40. The molecule has 0 spiro atoms. The maximum Gasteiger partial charge on any atom is 0.156 e. The van der Waals surface area contributed by atoms with Crippen LogP contribution in [0.2, 0.25) is 0 Å². The van der Waals surface area contributed by atoms with Gasteiger partial charge < -0.3 is 5.32 Å². The molecule has 1 aliphatic rings. The first kappa shape index (κ1) is 16.1. The molecule has 0 amide bonds. The summed E-state index contributed by atoms with van der Waals surface area (Å²) in [5.74, 6) is 0.929. The van der Waals surface area contributed by atoms with Gasteiger partial charge >= 0.3 is 0 Å². The Bertz CT molecular complexity index is 847. The Hall–Kier alpha value is -2.42. The fraction of sp³-hybridized carbons (Fsp3) is 0.364. The second kappa shape index (κ2) is 7.22. The van der Waals surface area contributed by atoms with Crippen molar-refractivity contribution < 1.29 is 0 Å². The first-order chi connectivity index (χ1) is 12.3. The van der Waals surface area contributed by atoms with E-state index in [1.54, 1.807) is 0 Å². The molecule has 3 aromatic rings. The van der Waals surface area contributed by atoms with Gasteiger partial charge in [0, 0.05) is 22.4 Å². The molecule has 3 nitrogen and oxygen atoms in total. The zero-order valence-corrected chi connectivity index (χ0v) is 14.8. The second-order valence-electron chi connectivity index (χ2n) is 7.14. The minimum Gasteiger partial charge on any atom is -0.365 e. The van der Waals surface area contributed by atoms with Crippen molar-refractivity contribution in [1.29, 1.82) is 0 Å². The molecule has 1 aliphatic carbocycles. The lowest BCUT2D eigenvalue weighted by Crippen LogP contribution is -2.19. The number of nitrogens with zero attached hydrogens (tertiary/aromatic N) is 2. The third-order valence-electron chi connectivity index (χ3n) is 5.21. The van der Waals surface area contributed by atoms with Crippen LogP contribution in [0, 0.1) is 6.92 Å². The van der Waals surface area contributed by atoms with Gasteiger partial charge in [-0.1, -0.05) is 79.8 Å². The van der Waals surface area contributed by atoms with Crippen LogP contribution in [0.4, 0.5) is 5.82 Å². The summed E-state index contributed by atoms with van der Waals surface area (Å²) in [6.07, 6.45) is 7.80. The number of fused-ring (bicyclic) bond motifs is 1. The Morgan fingerprint density at radius 2 is 1.48 bits per heavy atom. The number of aryl methyl sites for hydroxylation is 1. The number of benzene rings is 2. The molecule has 4 rings (SSSR count). The van der Waals surface area contributed by atoms with Gasteiger partial charge in [-0.05, 0) is 19.8 Å². The molecule has 1 saturated carbocycles. The van der Waals surface area contributed by atoms with Crippen LogP contribution in [0.1, 0.15) is 44.1 Å². The molecule has 1 fully saturated rings. The minimum absolute atomic E-state index is 0.519. The molecular weight excluding hydrogens is 306 g/mol. The zero-order valence-electron chi connectivity index (χ0n) is 14.8. The number of aromatic nitrogens is 2. The van der Waals surface area contributed by atoms with E-state index in [4.69, 9.17) is 0 Å². The molecule has 0 unspecified atom stereocenters. The van der Waals surface area contributed by atoms with Crippen LogP contribution >= 0.6 is 0 Å². The van der Waals surface area contributed by atoms with Gasteiger partial charge in [0.2, 0.25) is 0 Å². The minimum atomic E-state index is 0.519. The van der Waals surface area contributed by atoms with Crippen molar-refractivity contribution in [2.75, 3.05) is 5.32 Å². The lowest BCUT2D eigenvalue weighted by atomic mass is 10.0. The number of anilines is 1. The van der Waals surface area contributed by atoms with Crippen molar-refractivity contribution in [2.45, 2.75) is 51.5 Å². The quantitative estimate of drug-likeness (QED) is 0.622. The third-order valence-corrected chi connectivity index (χ3v) is 5.21. The average molecular weight is 331 g/mol. The molecule has 0 atom stereocenters. The van der Waals surface area contributed by atoms with E-state index in [1.165, 1.54) is 44.1 Å². The predicted octanol–water partition coefficient (Wildman–Crippen LogP) is 5.74. The molecule has 0 bridgehead atoms. The highest BCUT2D eigenvalue weighted by Crippen LogP contribution is 2.31. The second-order valence-corrected chi connectivity index (χ2v) is 7.14. The summed E-state index contributed by atoms with van der Waals surface area (Å²) < 4.78 is 0. The SMILES string of the molecule is Cc1ccc(-c2nnc(NC3CCCCCC3)c3ccccc23)cc1. The molecule has 0 saturated heterocycles. The summed E-state index contributed by atoms with van der Waals surface area (Å²) in [7, 11) is 0. The monoisotopic (exact) mass is 331 g/mol. The van der Waals surface area contributed by atoms with Crippen LogP contribution < -0.4 is 5.32 Å². The van der Waals surface area contributed by atoms with Crippen LogP contribution in [-0.4, -0.2) is 16.2 Å². The van der Waals surface area contributed by atoms with Crippen LogP contribution in [-0.2, 0) is 0 Å². The highest BCUT2D eigenvalue weighted by atomic mass is 15.2. The highest BCUT2D eigenvalue weighted by Gasteiger charge is 2.16. The van der Waals surface area contributed by atoms with E-state index in [0.717, 1.165) is 27.8 Å². The molecule has 2 aromatic carbocycles. The lowest BCUT2D eigenvalue weighted by molar-refractivity contribution is 0.617. The molecule has 3 heteroatoms. The Morgan fingerprint density at radius 1 is 0.800 bits per heavy atom. The number of nitrogens with one attached hydrogen (secondary N) is 1. The summed E-state index contributed by atoms with van der Waals surface area (Å²) >= 11 is 0. The Labute approximate surface area is 149 Å². The Kier molecular flexibility index (Phi) is 4.64. The van der Waals surface area contributed by atoms with Gasteiger partial charge in [0.1, 0.15) is 5.69 Å². The summed E-state index contributed by atoms with van der Waals surface area (Å²) in [4.78, 5) is 0. The van der Waals surface area contributed by atoms with Crippen molar-refractivity contribution in [3.63, 3.8) is 0 Å². The van der Waals surface area contributed by atoms with Crippen molar-refractivity contribution in [2.24, 2.45) is 0 Å². The standard InChI is InChI=1S/C22H25N3/c1-16-12-14-17(15-13-16)21-19-10-6-7-11-20(19)22(25-24-21)23-18-8-4-2-3-5-9-18/h6-7,10-15,18H,2-5,8-9H2,1H3,(H,23,25). The Balaban J connectivity index is 1.72. The molecular formula is C22H25N3. The predicted molar refractivity (Wildman–Crippen MR) is 105 cm³/mol. The normalized spacial score (nSPS) is 15.9. The molecule has 1 aromatic heterocycles. The van der Waals surface area contributed by atoms with Crippen LogP contribution in [0.25, 0.3) is 22.0 Å². The third kappa shape index (κ3) is 3.51. The molecule has 25 heavy (non-hydrogen) atoms. The highest BCUT2D eigenvalue weighted by molar-refractivity contribution is 6.00. The van der Waals surface area contributed by atoms with E-state index in [2.05, 4.69) is 71.0 Å². The summed E-state index contributed by atoms with van der Waals surface area (Å²) in [5.41, 5.74) is 3.34. The zero-order chi connectivity index (χ0) is 17.1. The van der Waals surface area contributed by atoms with E-state index >= 15 is 0 Å². The Morgan fingerprint density at radius 3 is 2.20 bits per heavy atom. The maximum atomic E-state index is 4.58. The van der Waals surface area contributed by atoms with E-state index in [0.29, 0.717) is 6.04 Å². The summed E-state index contributed by atoms with van der Waals surface area (Å²) in [6, 6.07) is 17.5. The maximum absolute atomic E-state index is 4.58. The van der Waals surface area contributed by atoms with Crippen molar-refractivity contribution >= 4 is 16.6 Å². The van der Waals surface area contributed by atoms with Gasteiger partial charge in [0.15, 0.2) is 5.82 Å². The van der Waals surface area contributed by atoms with E-state index < -0.39 is 0 Å². The molecule has 128 valence electrons.